The van der Waals surface area contributed by atoms with Crippen LogP contribution in [0.5, 0.6) is 0 Å². The summed E-state index contributed by atoms with van der Waals surface area (Å²) in [6.45, 7) is 4.76. The molecule has 0 saturated carbocycles. The molecule has 2 atom stereocenters. The molecule has 0 bridgehead atoms. The van der Waals surface area contributed by atoms with Gasteiger partial charge in [-0.2, -0.15) is 0 Å². The summed E-state index contributed by atoms with van der Waals surface area (Å²) in [5.41, 5.74) is 0.937. The molecule has 0 aromatic heterocycles. The number of carboxylic acids is 1. The van der Waals surface area contributed by atoms with Crippen LogP contribution in [0.2, 0.25) is 5.02 Å². The molecule has 0 radical (unpaired) electrons. The third kappa shape index (κ3) is 7.14. The molecule has 3 rings (SSSR count). The Bertz CT molecular complexity index is 1160. The zero-order valence-corrected chi connectivity index (χ0v) is 20.9. The number of sulfonamides is 1. The Morgan fingerprint density at radius 2 is 1.83 bits per heavy atom. The van der Waals surface area contributed by atoms with Gasteiger partial charge in [-0.05, 0) is 49.7 Å². The average Bonchev–Trinajstić information content (AvgIpc) is 2.76. The van der Waals surface area contributed by atoms with Crippen LogP contribution in [-0.4, -0.2) is 72.7 Å². The lowest BCUT2D eigenvalue weighted by Gasteiger charge is -2.44. The van der Waals surface area contributed by atoms with E-state index in [4.69, 9.17) is 21.5 Å². The summed E-state index contributed by atoms with van der Waals surface area (Å²) >= 11 is 5.95. The van der Waals surface area contributed by atoms with Gasteiger partial charge in [0.2, 0.25) is 0 Å². The van der Waals surface area contributed by atoms with Gasteiger partial charge in [-0.1, -0.05) is 29.8 Å². The Morgan fingerprint density at radius 1 is 1.14 bits per heavy atom. The van der Waals surface area contributed by atoms with Crippen molar-refractivity contribution in [2.24, 2.45) is 0 Å². The molecule has 0 spiro atoms. The highest BCUT2D eigenvalue weighted by Gasteiger charge is 2.34. The Balaban J connectivity index is 1.68. The van der Waals surface area contributed by atoms with Crippen molar-refractivity contribution in [1.82, 2.24) is 9.80 Å². The van der Waals surface area contributed by atoms with E-state index >= 15 is 0 Å². The van der Waals surface area contributed by atoms with E-state index in [1.165, 1.54) is 36.4 Å². The standard InChI is InChI=1S/C23H27ClFN3O6S/c1-16-12-27(17(2)11-26(16)13-18-6-8-20(25)9-7-18)22(29)14-34-28(35(32,33)15-23(30)31)21-5-3-4-19(24)10-21/h3-10,16-17H,11-15H2,1-2H3,(H,30,31)/t16-,17+/m0/s1. The normalized spacial score (nSPS) is 18.9. The number of halogens is 2. The maximum atomic E-state index is 13.2. The molecule has 0 unspecified atom stereocenters. The monoisotopic (exact) mass is 527 g/mol. The molecular formula is C23H27ClFN3O6S. The summed E-state index contributed by atoms with van der Waals surface area (Å²) in [6, 6.07) is 11.7. The van der Waals surface area contributed by atoms with Crippen molar-refractivity contribution in [3.63, 3.8) is 0 Å². The van der Waals surface area contributed by atoms with Gasteiger partial charge in [0.05, 0.1) is 5.69 Å². The van der Waals surface area contributed by atoms with Gasteiger partial charge in [-0.15, -0.1) is 4.47 Å². The van der Waals surface area contributed by atoms with Crippen molar-refractivity contribution in [2.75, 3.05) is 29.9 Å². The second-order valence-corrected chi connectivity index (χ2v) is 10.7. The number of nitrogens with zero attached hydrogens (tertiary/aromatic N) is 3. The van der Waals surface area contributed by atoms with Crippen LogP contribution < -0.4 is 4.47 Å². The lowest BCUT2D eigenvalue weighted by Crippen LogP contribution is -2.58. The summed E-state index contributed by atoms with van der Waals surface area (Å²) < 4.78 is 38.9. The van der Waals surface area contributed by atoms with Crippen LogP contribution >= 0.6 is 11.6 Å². The van der Waals surface area contributed by atoms with E-state index in [2.05, 4.69) is 4.90 Å². The minimum Gasteiger partial charge on any atom is -0.480 e. The number of benzene rings is 2. The highest BCUT2D eigenvalue weighted by atomic mass is 35.5. The number of piperazine rings is 1. The average molecular weight is 528 g/mol. The largest absolute Gasteiger partial charge is 0.480 e. The number of carbonyl (C=O) groups excluding carboxylic acids is 1. The first kappa shape index (κ1) is 26.9. The van der Waals surface area contributed by atoms with Crippen molar-refractivity contribution in [1.29, 1.82) is 0 Å². The highest BCUT2D eigenvalue weighted by molar-refractivity contribution is 7.93. The molecule has 1 fully saturated rings. The number of anilines is 1. The predicted molar refractivity (Wildman–Crippen MR) is 129 cm³/mol. The SMILES string of the molecule is C[C@@H]1CN(Cc2ccc(F)cc2)[C@@H](C)CN1C(=O)CON(c1cccc(Cl)c1)S(=O)(=O)CC(=O)O. The predicted octanol–water partition coefficient (Wildman–Crippen LogP) is 2.75. The third-order valence-corrected chi connectivity index (χ3v) is 7.29. The lowest BCUT2D eigenvalue weighted by molar-refractivity contribution is -0.142. The fraction of sp³-hybridized carbons (Fsp3) is 0.391. The minimum atomic E-state index is -4.44. The van der Waals surface area contributed by atoms with Crippen LogP contribution in [0, 0.1) is 5.82 Å². The first-order chi connectivity index (χ1) is 16.5. The second-order valence-electron chi connectivity index (χ2n) is 8.43. The van der Waals surface area contributed by atoms with Gasteiger partial charge < -0.3 is 10.0 Å². The quantitative estimate of drug-likeness (QED) is 0.500. The van der Waals surface area contributed by atoms with Gasteiger partial charge in [0, 0.05) is 36.7 Å². The Kier molecular flexibility index (Phi) is 8.70. The molecule has 35 heavy (non-hydrogen) atoms. The van der Waals surface area contributed by atoms with E-state index < -0.39 is 34.3 Å². The summed E-state index contributed by atoms with van der Waals surface area (Å²) in [7, 11) is -4.44. The smallest absolute Gasteiger partial charge is 0.320 e. The van der Waals surface area contributed by atoms with Crippen molar-refractivity contribution in [2.45, 2.75) is 32.5 Å². The van der Waals surface area contributed by atoms with E-state index in [9.17, 15) is 22.4 Å². The molecule has 1 aliphatic heterocycles. The molecule has 1 aliphatic rings. The molecule has 1 N–H and O–H groups in total. The van der Waals surface area contributed by atoms with Crippen molar-refractivity contribution in [3.8, 4) is 0 Å². The zero-order chi connectivity index (χ0) is 25.8. The summed E-state index contributed by atoms with van der Waals surface area (Å²) in [5, 5.41) is 9.22. The molecule has 2 aromatic carbocycles. The topological polar surface area (TPSA) is 107 Å². The maximum absolute atomic E-state index is 13.2. The number of hydrogen-bond acceptors (Lipinski definition) is 6. The van der Waals surface area contributed by atoms with Crippen molar-refractivity contribution >= 4 is 39.2 Å². The first-order valence-corrected chi connectivity index (χ1v) is 12.9. The number of aliphatic carboxylic acids is 1. The van der Waals surface area contributed by atoms with Crippen molar-refractivity contribution in [3.05, 3.63) is 64.9 Å². The first-order valence-electron chi connectivity index (χ1n) is 10.9. The highest BCUT2D eigenvalue weighted by Crippen LogP contribution is 2.24. The molecule has 1 saturated heterocycles. The molecule has 2 aromatic rings. The van der Waals surface area contributed by atoms with Gasteiger partial charge >= 0.3 is 5.97 Å². The number of carboxylic acid groups (broad SMARTS) is 1. The van der Waals surface area contributed by atoms with Gasteiger partial charge in [0.1, 0.15) is 5.82 Å². The van der Waals surface area contributed by atoms with Gasteiger partial charge in [-0.25, -0.2) is 17.6 Å². The van der Waals surface area contributed by atoms with E-state index in [0.29, 0.717) is 24.1 Å². The second kappa shape index (κ2) is 11.3. The molecule has 0 aliphatic carbocycles. The Hall–Kier alpha value is -2.73. The number of amides is 1. The van der Waals surface area contributed by atoms with Gasteiger partial charge in [0.25, 0.3) is 15.9 Å². The van der Waals surface area contributed by atoms with Crippen LogP contribution in [0.25, 0.3) is 0 Å². The molecule has 1 heterocycles. The van der Waals surface area contributed by atoms with E-state index in [1.807, 2.05) is 13.8 Å². The zero-order valence-electron chi connectivity index (χ0n) is 19.3. The summed E-state index contributed by atoms with van der Waals surface area (Å²) in [6.07, 6.45) is 0. The van der Waals surface area contributed by atoms with Crippen LogP contribution in [0.15, 0.2) is 48.5 Å². The number of hydrogen-bond donors (Lipinski definition) is 1. The summed E-state index contributed by atoms with van der Waals surface area (Å²) in [5.74, 6) is -3.53. The molecule has 9 nitrogen and oxygen atoms in total. The fourth-order valence-corrected chi connectivity index (χ4v) is 5.17. The van der Waals surface area contributed by atoms with Gasteiger partial charge in [0.15, 0.2) is 12.4 Å². The van der Waals surface area contributed by atoms with Gasteiger partial charge in [-0.3, -0.25) is 14.5 Å². The van der Waals surface area contributed by atoms with Crippen molar-refractivity contribution < 1.29 is 32.3 Å². The Morgan fingerprint density at radius 3 is 2.46 bits per heavy atom. The summed E-state index contributed by atoms with van der Waals surface area (Å²) in [4.78, 5) is 33.2. The van der Waals surface area contributed by atoms with Crippen LogP contribution in [0.3, 0.4) is 0 Å². The van der Waals surface area contributed by atoms with Crippen LogP contribution in [0.4, 0.5) is 10.1 Å². The van der Waals surface area contributed by atoms with E-state index in [1.54, 1.807) is 17.0 Å². The minimum absolute atomic E-state index is 0.0139. The fourth-order valence-electron chi connectivity index (χ4n) is 3.91. The maximum Gasteiger partial charge on any atom is 0.320 e. The number of carbonyl (C=O) groups is 2. The van der Waals surface area contributed by atoms with Crippen LogP contribution in [0.1, 0.15) is 19.4 Å². The van der Waals surface area contributed by atoms with Crippen LogP contribution in [-0.2, 0) is 31.0 Å². The molecule has 12 heteroatoms. The van der Waals surface area contributed by atoms with E-state index in [0.717, 1.165) is 5.56 Å². The lowest BCUT2D eigenvalue weighted by atomic mass is 10.1. The molecule has 190 valence electrons. The Labute approximate surface area is 208 Å². The third-order valence-electron chi connectivity index (χ3n) is 5.62. The molecular weight excluding hydrogens is 501 g/mol. The molecule has 1 amide bonds. The number of rotatable bonds is 9. The van der Waals surface area contributed by atoms with E-state index in [-0.39, 0.29) is 28.6 Å².